The van der Waals surface area contributed by atoms with E-state index >= 15 is 0 Å². The molecule has 5 heteroatoms. The maximum Gasteiger partial charge on any atom is 0.223 e. The predicted molar refractivity (Wildman–Crippen MR) is 80.2 cm³/mol. The number of rotatable bonds is 4. The van der Waals surface area contributed by atoms with Crippen molar-refractivity contribution in [2.45, 2.75) is 32.2 Å². The minimum atomic E-state index is 0.170. The molecule has 1 aliphatic carbocycles. The van der Waals surface area contributed by atoms with Gasteiger partial charge in [-0.15, -0.1) is 0 Å². The topological polar surface area (TPSA) is 59.8 Å². The van der Waals surface area contributed by atoms with Crippen LogP contribution in [-0.2, 0) is 18.4 Å². The van der Waals surface area contributed by atoms with Crippen LogP contribution in [0.5, 0.6) is 0 Å². The summed E-state index contributed by atoms with van der Waals surface area (Å²) >= 11 is 0. The summed E-state index contributed by atoms with van der Waals surface area (Å²) in [5, 5.41) is 7.47. The minimum Gasteiger partial charge on any atom is -0.350 e. The van der Waals surface area contributed by atoms with E-state index in [2.05, 4.69) is 15.4 Å². The van der Waals surface area contributed by atoms with Crippen molar-refractivity contribution in [3.05, 3.63) is 36.3 Å². The van der Waals surface area contributed by atoms with E-state index in [1.807, 2.05) is 29.9 Å². The van der Waals surface area contributed by atoms with E-state index in [4.69, 9.17) is 0 Å². The molecule has 1 amide bonds. The Hall–Kier alpha value is -2.17. The van der Waals surface area contributed by atoms with Gasteiger partial charge in [0, 0.05) is 30.9 Å². The maximum absolute atomic E-state index is 12.0. The summed E-state index contributed by atoms with van der Waals surface area (Å²) in [4.78, 5) is 16.1. The second-order valence-corrected chi connectivity index (χ2v) is 5.58. The van der Waals surface area contributed by atoms with Crippen LogP contribution in [0.3, 0.4) is 0 Å². The van der Waals surface area contributed by atoms with Gasteiger partial charge in [-0.25, -0.2) is 0 Å². The summed E-state index contributed by atoms with van der Waals surface area (Å²) < 4.78 is 1.84. The first kappa shape index (κ1) is 13.8. The normalized spacial score (nSPS) is 15.3. The van der Waals surface area contributed by atoms with Crippen molar-refractivity contribution in [1.82, 2.24) is 20.1 Å². The molecule has 2 heterocycles. The molecule has 21 heavy (non-hydrogen) atoms. The van der Waals surface area contributed by atoms with Gasteiger partial charge in [0.05, 0.1) is 17.9 Å². The van der Waals surface area contributed by atoms with Gasteiger partial charge in [-0.3, -0.25) is 14.5 Å². The zero-order valence-corrected chi connectivity index (χ0v) is 12.2. The van der Waals surface area contributed by atoms with Crippen LogP contribution in [0.1, 0.15) is 31.4 Å². The minimum absolute atomic E-state index is 0.170. The number of aryl methyl sites for hydroxylation is 1. The molecule has 0 bridgehead atoms. The van der Waals surface area contributed by atoms with Crippen LogP contribution in [0, 0.1) is 5.92 Å². The van der Waals surface area contributed by atoms with Crippen molar-refractivity contribution < 1.29 is 4.79 Å². The second-order valence-electron chi connectivity index (χ2n) is 5.58. The fraction of sp³-hybridized carbons (Fsp3) is 0.438. The molecule has 0 atom stereocenters. The molecule has 0 radical (unpaired) electrons. The first-order valence-corrected chi connectivity index (χ1v) is 7.45. The molecule has 1 fully saturated rings. The van der Waals surface area contributed by atoms with Crippen molar-refractivity contribution in [2.75, 3.05) is 0 Å². The highest BCUT2D eigenvalue weighted by atomic mass is 16.1. The number of hydrogen-bond acceptors (Lipinski definition) is 3. The Balaban J connectivity index is 1.66. The third-order valence-corrected chi connectivity index (χ3v) is 4.08. The van der Waals surface area contributed by atoms with E-state index in [0.717, 1.165) is 29.8 Å². The van der Waals surface area contributed by atoms with E-state index in [1.165, 1.54) is 12.8 Å². The summed E-state index contributed by atoms with van der Waals surface area (Å²) in [6.45, 7) is 0.494. The molecule has 0 saturated heterocycles. The average Bonchev–Trinajstić information content (AvgIpc) is 3.15. The molecule has 3 rings (SSSR count). The molecule has 2 aromatic rings. The lowest BCUT2D eigenvalue weighted by atomic mass is 10.1. The molecule has 1 aliphatic rings. The SMILES string of the molecule is Cn1nc(CNC(=O)C2CCCC2)cc1-c1ccncc1. The van der Waals surface area contributed by atoms with Gasteiger partial charge in [0.25, 0.3) is 0 Å². The lowest BCUT2D eigenvalue weighted by Gasteiger charge is -2.08. The quantitative estimate of drug-likeness (QED) is 0.937. The van der Waals surface area contributed by atoms with Crippen LogP contribution in [0.2, 0.25) is 0 Å². The number of nitrogens with zero attached hydrogens (tertiary/aromatic N) is 3. The van der Waals surface area contributed by atoms with Crippen LogP contribution in [-0.4, -0.2) is 20.7 Å². The van der Waals surface area contributed by atoms with Gasteiger partial charge in [0.1, 0.15) is 0 Å². The van der Waals surface area contributed by atoms with E-state index in [0.29, 0.717) is 6.54 Å². The molecular weight excluding hydrogens is 264 g/mol. The number of carbonyl (C=O) groups is 1. The Labute approximate surface area is 124 Å². The number of hydrogen-bond donors (Lipinski definition) is 1. The zero-order valence-electron chi connectivity index (χ0n) is 12.2. The Morgan fingerprint density at radius 2 is 2.05 bits per heavy atom. The highest BCUT2D eigenvalue weighted by Gasteiger charge is 2.22. The van der Waals surface area contributed by atoms with Crippen LogP contribution in [0.4, 0.5) is 0 Å². The van der Waals surface area contributed by atoms with E-state index in [-0.39, 0.29) is 11.8 Å². The Kier molecular flexibility index (Phi) is 3.99. The summed E-state index contributed by atoms with van der Waals surface area (Å²) in [6, 6.07) is 5.93. The highest BCUT2D eigenvalue weighted by Crippen LogP contribution is 2.25. The zero-order chi connectivity index (χ0) is 14.7. The first-order chi connectivity index (χ1) is 10.2. The summed E-state index contributed by atoms with van der Waals surface area (Å²) in [5.41, 5.74) is 2.99. The van der Waals surface area contributed by atoms with Gasteiger partial charge < -0.3 is 5.32 Å². The van der Waals surface area contributed by atoms with Crippen molar-refractivity contribution in [3.63, 3.8) is 0 Å². The number of carbonyl (C=O) groups excluding carboxylic acids is 1. The number of pyridine rings is 1. The molecule has 2 aromatic heterocycles. The average molecular weight is 284 g/mol. The fourth-order valence-electron chi connectivity index (χ4n) is 2.92. The molecular formula is C16H20N4O. The first-order valence-electron chi connectivity index (χ1n) is 7.45. The molecule has 0 spiro atoms. The Morgan fingerprint density at radius 1 is 1.33 bits per heavy atom. The third-order valence-electron chi connectivity index (χ3n) is 4.08. The third kappa shape index (κ3) is 3.12. The van der Waals surface area contributed by atoms with Gasteiger partial charge in [0.15, 0.2) is 0 Å². The van der Waals surface area contributed by atoms with Gasteiger partial charge in [-0.2, -0.15) is 5.10 Å². The fourth-order valence-corrected chi connectivity index (χ4v) is 2.92. The van der Waals surface area contributed by atoms with Crippen molar-refractivity contribution in [1.29, 1.82) is 0 Å². The van der Waals surface area contributed by atoms with Gasteiger partial charge in [-0.05, 0) is 31.0 Å². The summed E-state index contributed by atoms with van der Waals surface area (Å²) in [5.74, 6) is 0.372. The van der Waals surface area contributed by atoms with Gasteiger partial charge in [-0.1, -0.05) is 12.8 Å². The summed E-state index contributed by atoms with van der Waals surface area (Å²) in [7, 11) is 1.91. The van der Waals surface area contributed by atoms with E-state index in [1.54, 1.807) is 12.4 Å². The smallest absolute Gasteiger partial charge is 0.223 e. The maximum atomic E-state index is 12.0. The Morgan fingerprint density at radius 3 is 2.76 bits per heavy atom. The summed E-state index contributed by atoms with van der Waals surface area (Å²) in [6.07, 6.45) is 7.93. The molecule has 1 N–H and O–H groups in total. The molecule has 0 aromatic carbocycles. The molecule has 1 saturated carbocycles. The van der Waals surface area contributed by atoms with E-state index in [9.17, 15) is 4.79 Å². The van der Waals surface area contributed by atoms with Crippen molar-refractivity contribution >= 4 is 5.91 Å². The second kappa shape index (κ2) is 6.08. The standard InChI is InChI=1S/C16H20N4O/c1-20-15(12-6-8-17-9-7-12)10-14(19-20)11-18-16(21)13-4-2-3-5-13/h6-10,13H,2-5,11H2,1H3,(H,18,21). The lowest BCUT2D eigenvalue weighted by Crippen LogP contribution is -2.28. The number of nitrogens with one attached hydrogen (secondary N) is 1. The van der Waals surface area contributed by atoms with Crippen molar-refractivity contribution in [3.8, 4) is 11.3 Å². The highest BCUT2D eigenvalue weighted by molar-refractivity contribution is 5.78. The van der Waals surface area contributed by atoms with Crippen LogP contribution in [0.25, 0.3) is 11.3 Å². The Bertz CT molecular complexity index is 614. The lowest BCUT2D eigenvalue weighted by molar-refractivity contribution is -0.124. The number of amides is 1. The van der Waals surface area contributed by atoms with Crippen LogP contribution >= 0.6 is 0 Å². The van der Waals surface area contributed by atoms with Gasteiger partial charge >= 0.3 is 0 Å². The van der Waals surface area contributed by atoms with Crippen molar-refractivity contribution in [2.24, 2.45) is 13.0 Å². The monoisotopic (exact) mass is 284 g/mol. The molecule has 110 valence electrons. The largest absolute Gasteiger partial charge is 0.350 e. The predicted octanol–water partition coefficient (Wildman–Crippen LogP) is 2.29. The van der Waals surface area contributed by atoms with E-state index < -0.39 is 0 Å². The molecule has 0 aliphatic heterocycles. The number of aromatic nitrogens is 3. The van der Waals surface area contributed by atoms with Crippen LogP contribution < -0.4 is 5.32 Å². The van der Waals surface area contributed by atoms with Gasteiger partial charge in [0.2, 0.25) is 5.91 Å². The molecule has 0 unspecified atom stereocenters. The van der Waals surface area contributed by atoms with Crippen LogP contribution in [0.15, 0.2) is 30.6 Å². The molecule has 5 nitrogen and oxygen atoms in total.